The van der Waals surface area contributed by atoms with Gasteiger partial charge in [0.25, 0.3) is 11.6 Å². The van der Waals surface area contributed by atoms with Crippen LogP contribution in [0.15, 0.2) is 47.6 Å². The van der Waals surface area contributed by atoms with Gasteiger partial charge in [-0.3, -0.25) is 14.9 Å². The molecule has 0 saturated heterocycles. The quantitative estimate of drug-likeness (QED) is 0.460. The SMILES string of the molecule is CC(C)(C)c1ccc(OCC(=O)N/N=C\c2cc([N+](=O)[O-])ccc2O)cc1. The van der Waals surface area contributed by atoms with Crippen LogP contribution in [-0.4, -0.2) is 28.8 Å². The lowest BCUT2D eigenvalue weighted by Gasteiger charge is -2.19. The van der Waals surface area contributed by atoms with E-state index in [0.717, 1.165) is 17.8 Å². The number of carbonyl (C=O) groups excluding carboxylic acids is 1. The molecule has 0 aromatic heterocycles. The summed E-state index contributed by atoms with van der Waals surface area (Å²) in [5.41, 5.74) is 3.34. The maximum Gasteiger partial charge on any atom is 0.277 e. The van der Waals surface area contributed by atoms with Gasteiger partial charge in [0.15, 0.2) is 6.61 Å². The lowest BCUT2D eigenvalue weighted by Crippen LogP contribution is -2.24. The van der Waals surface area contributed by atoms with Gasteiger partial charge >= 0.3 is 0 Å². The van der Waals surface area contributed by atoms with Gasteiger partial charge in [-0.25, -0.2) is 5.43 Å². The molecule has 0 aliphatic rings. The van der Waals surface area contributed by atoms with Crippen LogP contribution in [0.2, 0.25) is 0 Å². The standard InChI is InChI=1S/C19H21N3O5/c1-19(2,3)14-4-7-16(8-5-14)27-12-18(24)21-20-11-13-10-15(22(25)26)6-9-17(13)23/h4-11,23H,12H2,1-3H3,(H,21,24)/b20-11-. The Labute approximate surface area is 156 Å². The van der Waals surface area contributed by atoms with E-state index in [0.29, 0.717) is 5.75 Å². The summed E-state index contributed by atoms with van der Waals surface area (Å²) in [4.78, 5) is 21.9. The van der Waals surface area contributed by atoms with Crippen molar-refractivity contribution >= 4 is 17.8 Å². The molecular formula is C19H21N3O5. The molecule has 0 fully saturated rings. The zero-order chi connectivity index (χ0) is 20.0. The third kappa shape index (κ3) is 5.81. The Balaban J connectivity index is 1.88. The molecule has 2 aromatic rings. The number of benzene rings is 2. The third-order valence-electron chi connectivity index (χ3n) is 3.71. The van der Waals surface area contributed by atoms with Crippen LogP contribution in [0, 0.1) is 10.1 Å². The minimum Gasteiger partial charge on any atom is -0.507 e. The molecular weight excluding hydrogens is 350 g/mol. The van der Waals surface area contributed by atoms with Gasteiger partial charge in [-0.2, -0.15) is 5.10 Å². The number of hydrazone groups is 1. The number of aromatic hydroxyl groups is 1. The summed E-state index contributed by atoms with van der Waals surface area (Å²) in [7, 11) is 0. The van der Waals surface area contributed by atoms with Gasteiger partial charge in [-0.15, -0.1) is 0 Å². The maximum absolute atomic E-state index is 11.8. The number of hydrogen-bond donors (Lipinski definition) is 2. The summed E-state index contributed by atoms with van der Waals surface area (Å²) in [6.45, 7) is 6.07. The minimum absolute atomic E-state index is 0.0304. The molecule has 0 spiro atoms. The van der Waals surface area contributed by atoms with Crippen LogP contribution >= 0.6 is 0 Å². The van der Waals surface area contributed by atoms with E-state index in [-0.39, 0.29) is 29.0 Å². The summed E-state index contributed by atoms with van der Waals surface area (Å²) in [5, 5.41) is 24.1. The van der Waals surface area contributed by atoms with E-state index in [4.69, 9.17) is 4.74 Å². The number of non-ortho nitro benzene ring substituents is 1. The van der Waals surface area contributed by atoms with Gasteiger partial charge in [0, 0.05) is 17.7 Å². The second kappa shape index (κ2) is 8.31. The van der Waals surface area contributed by atoms with Gasteiger partial charge in [-0.1, -0.05) is 32.9 Å². The topological polar surface area (TPSA) is 114 Å². The average Bonchev–Trinajstić information content (AvgIpc) is 2.61. The monoisotopic (exact) mass is 371 g/mol. The summed E-state index contributed by atoms with van der Waals surface area (Å²) in [5.74, 6) is -0.136. The Morgan fingerprint density at radius 3 is 2.52 bits per heavy atom. The molecule has 0 aliphatic carbocycles. The molecule has 142 valence electrons. The Kier molecular flexibility index (Phi) is 6.12. The highest BCUT2D eigenvalue weighted by Gasteiger charge is 2.13. The Morgan fingerprint density at radius 2 is 1.93 bits per heavy atom. The van der Waals surface area contributed by atoms with E-state index in [1.807, 2.05) is 12.1 Å². The molecule has 1 amide bonds. The van der Waals surface area contributed by atoms with E-state index in [1.165, 1.54) is 12.1 Å². The van der Waals surface area contributed by atoms with Crippen LogP contribution in [-0.2, 0) is 10.2 Å². The van der Waals surface area contributed by atoms with Crippen molar-refractivity contribution < 1.29 is 19.6 Å². The maximum atomic E-state index is 11.8. The number of nitro groups is 1. The van der Waals surface area contributed by atoms with Gasteiger partial charge < -0.3 is 9.84 Å². The Hall–Kier alpha value is -3.42. The Morgan fingerprint density at radius 1 is 1.26 bits per heavy atom. The number of phenols is 1. The first kappa shape index (κ1) is 19.9. The minimum atomic E-state index is -0.589. The first-order valence-corrected chi connectivity index (χ1v) is 8.19. The molecule has 0 bridgehead atoms. The van der Waals surface area contributed by atoms with Crippen LogP contribution in [0.1, 0.15) is 31.9 Å². The lowest BCUT2D eigenvalue weighted by atomic mass is 9.87. The van der Waals surface area contributed by atoms with Gasteiger partial charge in [0.05, 0.1) is 11.1 Å². The van der Waals surface area contributed by atoms with Gasteiger partial charge in [-0.05, 0) is 29.2 Å². The molecule has 0 unspecified atom stereocenters. The van der Waals surface area contributed by atoms with Gasteiger partial charge in [0.1, 0.15) is 11.5 Å². The molecule has 2 aromatic carbocycles. The lowest BCUT2D eigenvalue weighted by molar-refractivity contribution is -0.384. The van der Waals surface area contributed by atoms with Crippen molar-refractivity contribution in [2.75, 3.05) is 6.61 Å². The predicted octanol–water partition coefficient (Wildman–Crippen LogP) is 3.13. The fraction of sp³-hybridized carbons (Fsp3) is 0.263. The number of phenolic OH excluding ortho intramolecular Hbond substituents is 1. The van der Waals surface area contributed by atoms with Crippen molar-refractivity contribution in [2.45, 2.75) is 26.2 Å². The molecule has 0 aliphatic heterocycles. The highest BCUT2D eigenvalue weighted by Crippen LogP contribution is 2.24. The van der Waals surface area contributed by atoms with Crippen LogP contribution < -0.4 is 10.2 Å². The molecule has 8 heteroatoms. The van der Waals surface area contributed by atoms with Crippen molar-refractivity contribution in [3.63, 3.8) is 0 Å². The van der Waals surface area contributed by atoms with Gasteiger partial charge in [0.2, 0.25) is 0 Å². The largest absolute Gasteiger partial charge is 0.507 e. The van der Waals surface area contributed by atoms with Crippen LogP contribution in [0.4, 0.5) is 5.69 Å². The second-order valence-electron chi connectivity index (χ2n) is 6.86. The summed E-state index contributed by atoms with van der Waals surface area (Å²) in [6, 6.07) is 11.0. The van der Waals surface area contributed by atoms with E-state index in [1.54, 1.807) is 12.1 Å². The smallest absolute Gasteiger partial charge is 0.277 e. The van der Waals surface area contributed by atoms with Crippen LogP contribution in [0.25, 0.3) is 0 Å². The fourth-order valence-corrected chi connectivity index (χ4v) is 2.17. The summed E-state index contributed by atoms with van der Waals surface area (Å²) < 4.78 is 5.39. The normalized spacial score (nSPS) is 11.4. The molecule has 8 nitrogen and oxygen atoms in total. The van der Waals surface area contributed by atoms with E-state index in [2.05, 4.69) is 31.3 Å². The van der Waals surface area contributed by atoms with Crippen LogP contribution in [0.5, 0.6) is 11.5 Å². The zero-order valence-corrected chi connectivity index (χ0v) is 15.3. The molecule has 2 rings (SSSR count). The fourth-order valence-electron chi connectivity index (χ4n) is 2.17. The number of nitrogens with one attached hydrogen (secondary N) is 1. The molecule has 27 heavy (non-hydrogen) atoms. The molecule has 0 radical (unpaired) electrons. The van der Waals surface area contributed by atoms with Crippen LogP contribution in [0.3, 0.4) is 0 Å². The number of rotatable bonds is 6. The van der Waals surface area contributed by atoms with Crippen molar-refractivity contribution in [3.8, 4) is 11.5 Å². The highest BCUT2D eigenvalue weighted by molar-refractivity contribution is 5.86. The van der Waals surface area contributed by atoms with Crippen molar-refractivity contribution in [2.24, 2.45) is 5.10 Å². The third-order valence-corrected chi connectivity index (χ3v) is 3.71. The second-order valence-corrected chi connectivity index (χ2v) is 6.86. The molecule has 0 heterocycles. The highest BCUT2D eigenvalue weighted by atomic mass is 16.6. The predicted molar refractivity (Wildman–Crippen MR) is 101 cm³/mol. The number of hydrogen-bond acceptors (Lipinski definition) is 6. The van der Waals surface area contributed by atoms with Crippen molar-refractivity contribution in [1.29, 1.82) is 0 Å². The molecule has 2 N–H and O–H groups in total. The van der Waals surface area contributed by atoms with Crippen molar-refractivity contribution in [1.82, 2.24) is 5.43 Å². The summed E-state index contributed by atoms with van der Waals surface area (Å²) >= 11 is 0. The number of ether oxygens (including phenoxy) is 1. The van der Waals surface area contributed by atoms with E-state index in [9.17, 15) is 20.0 Å². The van der Waals surface area contributed by atoms with Crippen molar-refractivity contribution in [3.05, 3.63) is 63.7 Å². The van der Waals surface area contributed by atoms with E-state index < -0.39 is 10.8 Å². The average molecular weight is 371 g/mol. The number of carbonyl (C=O) groups is 1. The molecule has 0 atom stereocenters. The zero-order valence-electron chi connectivity index (χ0n) is 15.3. The summed E-state index contributed by atoms with van der Waals surface area (Å²) in [6.07, 6.45) is 1.12. The number of amides is 1. The molecule has 0 saturated carbocycles. The Bertz CT molecular complexity index is 855. The van der Waals surface area contributed by atoms with E-state index >= 15 is 0 Å². The number of nitrogens with zero attached hydrogens (tertiary/aromatic N) is 2. The first-order valence-electron chi connectivity index (χ1n) is 8.19. The number of nitro benzene ring substituents is 1. The first-order chi connectivity index (χ1) is 12.7.